The minimum absolute atomic E-state index is 0.00366. The maximum atomic E-state index is 12.8. The molecular formula is C21H30N2O5. The van der Waals surface area contributed by atoms with Crippen molar-refractivity contribution in [2.24, 2.45) is 5.92 Å². The molecule has 1 saturated carbocycles. The lowest BCUT2D eigenvalue weighted by Crippen LogP contribution is -2.45. The molecule has 2 amide bonds. The Hall–Kier alpha value is -2.12. The maximum Gasteiger partial charge on any atom is 0.260 e. The van der Waals surface area contributed by atoms with E-state index in [1.807, 2.05) is 13.8 Å². The summed E-state index contributed by atoms with van der Waals surface area (Å²) < 4.78 is 16.7. The second-order valence-corrected chi connectivity index (χ2v) is 7.49. The molecule has 28 heavy (non-hydrogen) atoms. The summed E-state index contributed by atoms with van der Waals surface area (Å²) in [6.07, 6.45) is 2.93. The SMILES string of the molecule is CCCOC(C)(C(=O)Nc1ccc(OCC(=O)N2CCOCC2)cc1)C1CC1. The summed E-state index contributed by atoms with van der Waals surface area (Å²) in [7, 11) is 0. The number of hydrogen-bond donors (Lipinski definition) is 1. The predicted octanol–water partition coefficient (Wildman–Crippen LogP) is 2.46. The van der Waals surface area contributed by atoms with Crippen LogP contribution in [0.3, 0.4) is 0 Å². The Balaban J connectivity index is 1.50. The highest BCUT2D eigenvalue weighted by Crippen LogP contribution is 2.42. The van der Waals surface area contributed by atoms with Crippen LogP contribution in [0.15, 0.2) is 24.3 Å². The van der Waals surface area contributed by atoms with E-state index < -0.39 is 5.60 Å². The van der Waals surface area contributed by atoms with Crippen LogP contribution in [0.25, 0.3) is 0 Å². The quantitative estimate of drug-likeness (QED) is 0.701. The molecule has 1 aliphatic carbocycles. The number of morpholine rings is 1. The fourth-order valence-electron chi connectivity index (χ4n) is 3.26. The number of rotatable bonds is 9. The van der Waals surface area contributed by atoms with E-state index in [0.29, 0.717) is 44.3 Å². The van der Waals surface area contributed by atoms with Crippen LogP contribution >= 0.6 is 0 Å². The van der Waals surface area contributed by atoms with Gasteiger partial charge in [0.2, 0.25) is 0 Å². The summed E-state index contributed by atoms with van der Waals surface area (Å²) in [5, 5.41) is 2.95. The van der Waals surface area contributed by atoms with E-state index in [2.05, 4.69) is 5.32 Å². The minimum atomic E-state index is -0.782. The van der Waals surface area contributed by atoms with Crippen LogP contribution in [-0.2, 0) is 19.1 Å². The number of benzene rings is 1. The molecule has 154 valence electrons. The molecule has 1 unspecified atom stereocenters. The van der Waals surface area contributed by atoms with Crippen molar-refractivity contribution in [1.29, 1.82) is 0 Å². The Bertz CT molecular complexity index is 668. The van der Waals surface area contributed by atoms with Crippen molar-refractivity contribution in [3.05, 3.63) is 24.3 Å². The van der Waals surface area contributed by atoms with Gasteiger partial charge in [-0.15, -0.1) is 0 Å². The van der Waals surface area contributed by atoms with Crippen LogP contribution in [-0.4, -0.2) is 61.8 Å². The van der Waals surface area contributed by atoms with E-state index in [-0.39, 0.29) is 24.3 Å². The van der Waals surface area contributed by atoms with Gasteiger partial charge in [0.15, 0.2) is 6.61 Å². The molecule has 0 radical (unpaired) electrons. The van der Waals surface area contributed by atoms with Crippen LogP contribution in [0.1, 0.15) is 33.1 Å². The zero-order valence-corrected chi connectivity index (χ0v) is 16.7. The van der Waals surface area contributed by atoms with Gasteiger partial charge in [-0.3, -0.25) is 9.59 Å². The monoisotopic (exact) mass is 390 g/mol. The molecule has 7 nitrogen and oxygen atoms in total. The second kappa shape index (κ2) is 9.39. The highest BCUT2D eigenvalue weighted by Gasteiger charge is 2.48. The van der Waals surface area contributed by atoms with Crippen LogP contribution in [0, 0.1) is 5.92 Å². The van der Waals surface area contributed by atoms with Gasteiger partial charge in [-0.25, -0.2) is 0 Å². The van der Waals surface area contributed by atoms with Gasteiger partial charge in [-0.2, -0.15) is 0 Å². The van der Waals surface area contributed by atoms with Gasteiger partial charge in [0, 0.05) is 25.4 Å². The summed E-state index contributed by atoms with van der Waals surface area (Å²) in [6.45, 7) is 6.84. The van der Waals surface area contributed by atoms with Gasteiger partial charge < -0.3 is 24.4 Å². The standard InChI is InChI=1S/C21H30N2O5/c1-3-12-28-21(2,16-4-5-16)20(25)22-17-6-8-18(9-7-17)27-15-19(24)23-10-13-26-14-11-23/h6-9,16H,3-5,10-15H2,1-2H3,(H,22,25). The average Bonchev–Trinajstić information content (AvgIpc) is 3.57. The summed E-state index contributed by atoms with van der Waals surface area (Å²) in [5.41, 5.74) is -0.0979. The maximum absolute atomic E-state index is 12.8. The normalized spacial score (nSPS) is 19.0. The van der Waals surface area contributed by atoms with Crippen LogP contribution in [0.5, 0.6) is 5.75 Å². The van der Waals surface area contributed by atoms with Crippen LogP contribution in [0.4, 0.5) is 5.69 Å². The van der Waals surface area contributed by atoms with Crippen molar-refractivity contribution in [1.82, 2.24) is 4.90 Å². The Morgan fingerprint density at radius 1 is 1.21 bits per heavy atom. The number of nitrogens with one attached hydrogen (secondary N) is 1. The Labute approximate surface area is 166 Å². The fourth-order valence-corrected chi connectivity index (χ4v) is 3.26. The predicted molar refractivity (Wildman–Crippen MR) is 105 cm³/mol. The first-order chi connectivity index (χ1) is 13.5. The van der Waals surface area contributed by atoms with E-state index in [4.69, 9.17) is 14.2 Å². The topological polar surface area (TPSA) is 77.1 Å². The summed E-state index contributed by atoms with van der Waals surface area (Å²) in [4.78, 5) is 26.6. The molecule has 2 aliphatic rings. The molecule has 1 aromatic carbocycles. The molecule has 0 spiro atoms. The number of ether oxygens (including phenoxy) is 3. The van der Waals surface area contributed by atoms with E-state index in [1.165, 1.54) is 0 Å². The number of carbonyl (C=O) groups excluding carboxylic acids is 2. The Morgan fingerprint density at radius 2 is 1.89 bits per heavy atom. The van der Waals surface area contributed by atoms with Gasteiger partial charge in [0.25, 0.3) is 11.8 Å². The first-order valence-electron chi connectivity index (χ1n) is 10.1. The van der Waals surface area contributed by atoms with E-state index in [9.17, 15) is 9.59 Å². The first kappa shape index (κ1) is 20.6. The lowest BCUT2D eigenvalue weighted by Gasteiger charge is -2.28. The van der Waals surface area contributed by atoms with E-state index in [0.717, 1.165) is 19.3 Å². The van der Waals surface area contributed by atoms with Gasteiger partial charge in [0.05, 0.1) is 13.2 Å². The molecule has 1 heterocycles. The molecule has 1 aliphatic heterocycles. The van der Waals surface area contributed by atoms with Crippen molar-refractivity contribution in [2.45, 2.75) is 38.7 Å². The number of amides is 2. The molecule has 1 saturated heterocycles. The molecular weight excluding hydrogens is 360 g/mol. The Morgan fingerprint density at radius 3 is 2.50 bits per heavy atom. The molecule has 0 aromatic heterocycles. The fraction of sp³-hybridized carbons (Fsp3) is 0.619. The van der Waals surface area contributed by atoms with E-state index in [1.54, 1.807) is 29.2 Å². The lowest BCUT2D eigenvalue weighted by atomic mass is 9.98. The summed E-state index contributed by atoms with van der Waals surface area (Å²) in [6, 6.07) is 7.06. The average molecular weight is 390 g/mol. The minimum Gasteiger partial charge on any atom is -0.484 e. The van der Waals surface area contributed by atoms with Gasteiger partial charge >= 0.3 is 0 Å². The van der Waals surface area contributed by atoms with Crippen molar-refractivity contribution in [3.8, 4) is 5.75 Å². The summed E-state index contributed by atoms with van der Waals surface area (Å²) >= 11 is 0. The first-order valence-corrected chi connectivity index (χ1v) is 10.1. The van der Waals surface area contributed by atoms with Crippen molar-refractivity contribution >= 4 is 17.5 Å². The Kier molecular flexibility index (Phi) is 6.91. The molecule has 7 heteroatoms. The number of nitrogens with zero attached hydrogens (tertiary/aromatic N) is 1. The van der Waals surface area contributed by atoms with E-state index >= 15 is 0 Å². The third kappa shape index (κ3) is 5.23. The van der Waals surface area contributed by atoms with Crippen molar-refractivity contribution < 1.29 is 23.8 Å². The molecule has 1 aromatic rings. The molecule has 2 fully saturated rings. The zero-order valence-electron chi connectivity index (χ0n) is 16.7. The largest absolute Gasteiger partial charge is 0.484 e. The third-order valence-electron chi connectivity index (χ3n) is 5.25. The molecule has 1 N–H and O–H groups in total. The lowest BCUT2D eigenvalue weighted by molar-refractivity contribution is -0.142. The highest BCUT2D eigenvalue weighted by molar-refractivity contribution is 5.97. The third-order valence-corrected chi connectivity index (χ3v) is 5.25. The number of anilines is 1. The second-order valence-electron chi connectivity index (χ2n) is 7.49. The molecule has 1 atom stereocenters. The zero-order chi connectivity index (χ0) is 20.0. The van der Waals surface area contributed by atoms with Crippen LogP contribution in [0.2, 0.25) is 0 Å². The van der Waals surface area contributed by atoms with Gasteiger partial charge in [0.1, 0.15) is 11.4 Å². The highest BCUT2D eigenvalue weighted by atomic mass is 16.5. The van der Waals surface area contributed by atoms with Gasteiger partial charge in [-0.05, 0) is 56.4 Å². The number of carbonyl (C=O) groups is 2. The summed E-state index contributed by atoms with van der Waals surface area (Å²) in [5.74, 6) is 0.716. The van der Waals surface area contributed by atoms with Crippen molar-refractivity contribution in [3.63, 3.8) is 0 Å². The molecule has 0 bridgehead atoms. The smallest absolute Gasteiger partial charge is 0.260 e. The van der Waals surface area contributed by atoms with Crippen molar-refractivity contribution in [2.75, 3.05) is 44.8 Å². The van der Waals surface area contributed by atoms with Gasteiger partial charge in [-0.1, -0.05) is 6.92 Å². The van der Waals surface area contributed by atoms with Crippen LogP contribution < -0.4 is 10.1 Å². The number of hydrogen-bond acceptors (Lipinski definition) is 5. The molecule has 3 rings (SSSR count).